The third-order valence-corrected chi connectivity index (χ3v) is 4.28. The smallest absolute Gasteiger partial charge is 0.268 e. The van der Waals surface area contributed by atoms with E-state index in [0.29, 0.717) is 28.0 Å². The van der Waals surface area contributed by atoms with Crippen molar-refractivity contribution < 1.29 is 9.84 Å². The lowest BCUT2D eigenvalue weighted by atomic mass is 10.0. The lowest BCUT2D eigenvalue weighted by Gasteiger charge is -2.14. The molecule has 0 radical (unpaired) electrons. The van der Waals surface area contributed by atoms with E-state index in [0.717, 1.165) is 0 Å². The maximum absolute atomic E-state index is 13.3. The topological polar surface area (TPSA) is 64.3 Å². The highest BCUT2D eigenvalue weighted by Gasteiger charge is 2.19. The van der Waals surface area contributed by atoms with E-state index in [-0.39, 0.29) is 16.9 Å². The van der Waals surface area contributed by atoms with Crippen LogP contribution in [0.4, 0.5) is 0 Å². The third-order valence-electron chi connectivity index (χ3n) is 4.28. The molecule has 4 rings (SSSR count). The predicted octanol–water partition coefficient (Wildman–Crippen LogP) is 3.77. The first-order chi connectivity index (χ1) is 12.7. The van der Waals surface area contributed by atoms with Crippen LogP contribution < -0.4 is 10.3 Å². The maximum Gasteiger partial charge on any atom is 0.268 e. The summed E-state index contributed by atoms with van der Waals surface area (Å²) in [5.74, 6) is 0.525. The van der Waals surface area contributed by atoms with Crippen molar-refractivity contribution in [1.82, 2.24) is 9.55 Å². The van der Waals surface area contributed by atoms with Gasteiger partial charge < -0.3 is 9.84 Å². The van der Waals surface area contributed by atoms with Gasteiger partial charge in [0.05, 0.1) is 23.7 Å². The molecular weight excluding hydrogens is 328 g/mol. The van der Waals surface area contributed by atoms with Gasteiger partial charge in [0.1, 0.15) is 11.5 Å². The van der Waals surface area contributed by atoms with E-state index < -0.39 is 0 Å². The molecule has 0 fully saturated rings. The van der Waals surface area contributed by atoms with Gasteiger partial charge in [0.15, 0.2) is 5.65 Å². The number of ether oxygens (including phenoxy) is 1. The van der Waals surface area contributed by atoms with Crippen LogP contribution in [-0.4, -0.2) is 21.8 Å². The predicted molar refractivity (Wildman–Crippen MR) is 101 cm³/mol. The van der Waals surface area contributed by atoms with Crippen LogP contribution in [0.15, 0.2) is 77.7 Å². The molecule has 0 saturated heterocycles. The summed E-state index contributed by atoms with van der Waals surface area (Å²) < 4.78 is 6.77. The Morgan fingerprint density at radius 3 is 2.58 bits per heavy atom. The van der Waals surface area contributed by atoms with E-state index in [1.54, 1.807) is 49.7 Å². The zero-order valence-corrected chi connectivity index (χ0v) is 14.1. The molecule has 0 aliphatic carbocycles. The zero-order chi connectivity index (χ0) is 18.1. The standard InChI is InChI=1S/C21H16N2O3/c1-26-16-10-5-7-14(13-16)18-19(24)17-11-6-12-22-20(17)23(21(18)25)15-8-3-2-4-9-15/h2-13,24H,1H3. The van der Waals surface area contributed by atoms with Gasteiger partial charge in [0.25, 0.3) is 5.56 Å². The fourth-order valence-electron chi connectivity index (χ4n) is 3.06. The van der Waals surface area contributed by atoms with E-state index in [1.165, 1.54) is 4.57 Å². The number of methoxy groups -OCH3 is 1. The van der Waals surface area contributed by atoms with Crippen LogP contribution in [0.2, 0.25) is 0 Å². The molecular formula is C21H16N2O3. The SMILES string of the molecule is COc1cccc(-c2c(O)c3cccnc3n(-c3ccccc3)c2=O)c1. The highest BCUT2D eigenvalue weighted by molar-refractivity contribution is 5.91. The summed E-state index contributed by atoms with van der Waals surface area (Å²) in [7, 11) is 1.56. The number of hydrogen-bond acceptors (Lipinski definition) is 4. The number of para-hydroxylation sites is 1. The van der Waals surface area contributed by atoms with Gasteiger partial charge in [-0.25, -0.2) is 4.98 Å². The van der Waals surface area contributed by atoms with Crippen LogP contribution in [0.1, 0.15) is 0 Å². The molecule has 2 aromatic heterocycles. The molecule has 128 valence electrons. The molecule has 5 heteroatoms. The third kappa shape index (κ3) is 2.50. The van der Waals surface area contributed by atoms with Crippen molar-refractivity contribution in [2.45, 2.75) is 0 Å². The fraction of sp³-hybridized carbons (Fsp3) is 0.0476. The van der Waals surface area contributed by atoms with Crippen molar-refractivity contribution in [3.63, 3.8) is 0 Å². The first-order valence-corrected chi connectivity index (χ1v) is 8.13. The Kier molecular flexibility index (Phi) is 3.89. The number of benzene rings is 2. The van der Waals surface area contributed by atoms with E-state index in [4.69, 9.17) is 4.74 Å². The number of fused-ring (bicyclic) bond motifs is 1. The van der Waals surface area contributed by atoms with Crippen molar-refractivity contribution in [2.75, 3.05) is 7.11 Å². The minimum Gasteiger partial charge on any atom is -0.506 e. The Hall–Kier alpha value is -3.60. The number of aromatic nitrogens is 2. The summed E-state index contributed by atoms with van der Waals surface area (Å²) >= 11 is 0. The van der Waals surface area contributed by atoms with Gasteiger partial charge in [-0.15, -0.1) is 0 Å². The van der Waals surface area contributed by atoms with Gasteiger partial charge in [-0.1, -0.05) is 30.3 Å². The van der Waals surface area contributed by atoms with Gasteiger partial charge >= 0.3 is 0 Å². The molecule has 0 saturated carbocycles. The quantitative estimate of drug-likeness (QED) is 0.614. The molecule has 26 heavy (non-hydrogen) atoms. The van der Waals surface area contributed by atoms with Crippen molar-refractivity contribution >= 4 is 11.0 Å². The number of nitrogens with zero attached hydrogens (tertiary/aromatic N) is 2. The second-order valence-electron chi connectivity index (χ2n) is 5.81. The molecule has 0 unspecified atom stereocenters. The summed E-state index contributed by atoms with van der Waals surface area (Å²) in [5, 5.41) is 11.3. The summed E-state index contributed by atoms with van der Waals surface area (Å²) in [6.45, 7) is 0. The van der Waals surface area contributed by atoms with Crippen LogP contribution in [0, 0.1) is 0 Å². The molecule has 4 aromatic rings. The normalized spacial score (nSPS) is 10.8. The van der Waals surface area contributed by atoms with Crippen molar-refractivity contribution in [3.8, 4) is 28.3 Å². The van der Waals surface area contributed by atoms with Crippen molar-refractivity contribution in [3.05, 3.63) is 83.3 Å². The molecule has 0 amide bonds. The molecule has 0 atom stereocenters. The maximum atomic E-state index is 13.3. The first-order valence-electron chi connectivity index (χ1n) is 8.13. The monoisotopic (exact) mass is 344 g/mol. The lowest BCUT2D eigenvalue weighted by Crippen LogP contribution is -2.21. The molecule has 0 spiro atoms. The van der Waals surface area contributed by atoms with E-state index in [1.807, 2.05) is 30.3 Å². The highest BCUT2D eigenvalue weighted by Crippen LogP contribution is 2.34. The molecule has 2 heterocycles. The van der Waals surface area contributed by atoms with Crippen molar-refractivity contribution in [1.29, 1.82) is 0 Å². The molecule has 0 aliphatic rings. The van der Waals surface area contributed by atoms with Crippen LogP contribution in [0.3, 0.4) is 0 Å². The molecule has 5 nitrogen and oxygen atoms in total. The largest absolute Gasteiger partial charge is 0.506 e. The van der Waals surface area contributed by atoms with Gasteiger partial charge in [-0.05, 0) is 42.0 Å². The molecule has 0 bridgehead atoms. The number of pyridine rings is 2. The average Bonchev–Trinajstić information content (AvgIpc) is 2.69. The minimum absolute atomic E-state index is 0.0847. The highest BCUT2D eigenvalue weighted by atomic mass is 16.5. The Balaban J connectivity index is 2.13. The van der Waals surface area contributed by atoms with E-state index >= 15 is 0 Å². The summed E-state index contributed by atoms with van der Waals surface area (Å²) in [5.41, 5.74) is 1.56. The Morgan fingerprint density at radius 1 is 1.00 bits per heavy atom. The number of hydrogen-bond donors (Lipinski definition) is 1. The second-order valence-corrected chi connectivity index (χ2v) is 5.81. The summed E-state index contributed by atoms with van der Waals surface area (Å²) in [6.07, 6.45) is 1.60. The van der Waals surface area contributed by atoms with E-state index in [9.17, 15) is 9.90 Å². The Labute approximate surface area is 149 Å². The van der Waals surface area contributed by atoms with Crippen molar-refractivity contribution in [2.24, 2.45) is 0 Å². The zero-order valence-electron chi connectivity index (χ0n) is 14.1. The first kappa shape index (κ1) is 15.9. The van der Waals surface area contributed by atoms with Gasteiger partial charge in [0, 0.05) is 6.20 Å². The summed E-state index contributed by atoms with van der Waals surface area (Å²) in [4.78, 5) is 17.7. The van der Waals surface area contributed by atoms with Crippen LogP contribution in [0.25, 0.3) is 27.8 Å². The molecule has 2 aromatic carbocycles. The van der Waals surface area contributed by atoms with Crippen LogP contribution in [0.5, 0.6) is 11.5 Å². The van der Waals surface area contributed by atoms with Gasteiger partial charge in [0.2, 0.25) is 0 Å². The minimum atomic E-state index is -0.340. The average molecular weight is 344 g/mol. The Bertz CT molecular complexity index is 1150. The number of rotatable bonds is 3. The van der Waals surface area contributed by atoms with Gasteiger partial charge in [-0.2, -0.15) is 0 Å². The van der Waals surface area contributed by atoms with E-state index in [2.05, 4.69) is 4.98 Å². The fourth-order valence-corrected chi connectivity index (χ4v) is 3.06. The van der Waals surface area contributed by atoms with Crippen LogP contribution in [-0.2, 0) is 0 Å². The van der Waals surface area contributed by atoms with Crippen LogP contribution >= 0.6 is 0 Å². The molecule has 1 N–H and O–H groups in total. The number of aromatic hydroxyl groups is 1. The van der Waals surface area contributed by atoms with Gasteiger partial charge in [-0.3, -0.25) is 9.36 Å². The lowest BCUT2D eigenvalue weighted by molar-refractivity contribution is 0.415. The molecule has 0 aliphatic heterocycles. The summed E-state index contributed by atoms with van der Waals surface area (Å²) in [6, 6.07) is 19.8. The second kappa shape index (κ2) is 6.37. The Morgan fingerprint density at radius 2 is 1.81 bits per heavy atom.